The number of carbonyl (C=O) groups excluding carboxylic acids is 1. The van der Waals surface area contributed by atoms with E-state index < -0.39 is 29.3 Å². The highest BCUT2D eigenvalue weighted by Crippen LogP contribution is 2.39. The summed E-state index contributed by atoms with van der Waals surface area (Å²) >= 11 is 5.97. The van der Waals surface area contributed by atoms with Gasteiger partial charge in [-0.05, 0) is 50.6 Å². The molecule has 1 saturated heterocycles. The van der Waals surface area contributed by atoms with Crippen LogP contribution in [0.2, 0.25) is 5.02 Å². The van der Waals surface area contributed by atoms with E-state index in [1.165, 1.54) is 30.3 Å². The van der Waals surface area contributed by atoms with Crippen LogP contribution >= 0.6 is 11.6 Å². The molecule has 1 unspecified atom stereocenters. The van der Waals surface area contributed by atoms with Gasteiger partial charge in [0.1, 0.15) is 23.8 Å². The third-order valence-corrected chi connectivity index (χ3v) is 5.68. The number of ether oxygens (including phenoxy) is 3. The summed E-state index contributed by atoms with van der Waals surface area (Å²) < 4.78 is 72.1. The highest BCUT2D eigenvalue weighted by Gasteiger charge is 2.37. The first-order chi connectivity index (χ1) is 16.3. The van der Waals surface area contributed by atoms with Crippen LogP contribution in [0.4, 0.5) is 17.6 Å². The molecule has 2 aromatic rings. The maximum atomic E-state index is 14.0. The van der Waals surface area contributed by atoms with Crippen molar-refractivity contribution in [2.24, 2.45) is 0 Å². The Kier molecular flexibility index (Phi) is 8.67. The Hall–Kier alpha value is -2.36. The van der Waals surface area contributed by atoms with E-state index in [-0.39, 0.29) is 54.0 Å². The van der Waals surface area contributed by atoms with E-state index >= 15 is 0 Å². The van der Waals surface area contributed by atoms with Crippen molar-refractivity contribution >= 4 is 17.6 Å². The van der Waals surface area contributed by atoms with Crippen molar-refractivity contribution in [2.45, 2.75) is 51.7 Å². The van der Waals surface area contributed by atoms with Crippen LogP contribution in [0.1, 0.15) is 50.0 Å². The molecule has 0 amide bonds. The predicted molar refractivity (Wildman–Crippen MR) is 123 cm³/mol. The lowest BCUT2D eigenvalue weighted by Crippen LogP contribution is -2.40. The van der Waals surface area contributed by atoms with E-state index in [1.54, 1.807) is 20.8 Å². The normalized spacial score (nSPS) is 17.3. The molecule has 5 nitrogen and oxygen atoms in total. The highest BCUT2D eigenvalue weighted by molar-refractivity contribution is 6.31. The van der Waals surface area contributed by atoms with Crippen molar-refractivity contribution in [3.8, 4) is 5.75 Å². The summed E-state index contributed by atoms with van der Waals surface area (Å²) in [6.45, 7) is 6.25. The molecule has 0 saturated carbocycles. The molecule has 0 radical (unpaired) electrons. The van der Waals surface area contributed by atoms with E-state index in [4.69, 9.17) is 25.8 Å². The van der Waals surface area contributed by atoms with Gasteiger partial charge in [-0.3, -0.25) is 9.69 Å². The standard InChI is InChI=1S/C25H28ClF4NO4/c1-24(2,3)35-23(32)9-10-31-11-12-33-22(14-31)17-8-7-16(13-19(17)25(28,29)30)34-15-18-20(26)5-4-6-21(18)27/h4-8,13,22H,9-12,14-15H2,1-3H3. The Bertz CT molecular complexity index is 1020. The Morgan fingerprint density at radius 3 is 2.60 bits per heavy atom. The van der Waals surface area contributed by atoms with Crippen LogP contribution in [-0.2, 0) is 27.1 Å². The molecule has 3 rings (SSSR count). The van der Waals surface area contributed by atoms with Gasteiger partial charge in [0.25, 0.3) is 0 Å². The molecule has 1 atom stereocenters. The van der Waals surface area contributed by atoms with Gasteiger partial charge in [-0.15, -0.1) is 0 Å². The van der Waals surface area contributed by atoms with Crippen LogP contribution in [0, 0.1) is 5.82 Å². The van der Waals surface area contributed by atoms with Crippen LogP contribution in [0.5, 0.6) is 5.75 Å². The fourth-order valence-corrected chi connectivity index (χ4v) is 3.93. The number of benzene rings is 2. The lowest BCUT2D eigenvalue weighted by Gasteiger charge is -2.34. The van der Waals surface area contributed by atoms with Gasteiger partial charge in [-0.2, -0.15) is 13.2 Å². The van der Waals surface area contributed by atoms with E-state index in [9.17, 15) is 22.4 Å². The minimum atomic E-state index is -4.66. The highest BCUT2D eigenvalue weighted by atomic mass is 35.5. The van der Waals surface area contributed by atoms with Crippen LogP contribution < -0.4 is 4.74 Å². The van der Waals surface area contributed by atoms with Gasteiger partial charge < -0.3 is 14.2 Å². The smallest absolute Gasteiger partial charge is 0.416 e. The molecule has 2 aromatic carbocycles. The Morgan fingerprint density at radius 1 is 1.20 bits per heavy atom. The number of hydrogen-bond acceptors (Lipinski definition) is 5. The molecule has 0 aliphatic carbocycles. The Morgan fingerprint density at radius 2 is 1.94 bits per heavy atom. The second kappa shape index (κ2) is 11.1. The van der Waals surface area contributed by atoms with E-state index in [1.807, 2.05) is 4.90 Å². The van der Waals surface area contributed by atoms with Crippen LogP contribution in [0.25, 0.3) is 0 Å². The number of morpholine rings is 1. The number of carbonyl (C=O) groups is 1. The van der Waals surface area contributed by atoms with Gasteiger partial charge in [0.15, 0.2) is 0 Å². The van der Waals surface area contributed by atoms with Crippen molar-refractivity contribution in [2.75, 3.05) is 26.2 Å². The van der Waals surface area contributed by atoms with Crippen molar-refractivity contribution in [1.29, 1.82) is 0 Å². The van der Waals surface area contributed by atoms with Crippen molar-refractivity contribution in [1.82, 2.24) is 4.90 Å². The fourth-order valence-electron chi connectivity index (χ4n) is 3.71. The summed E-state index contributed by atoms with van der Waals surface area (Å²) in [5.41, 5.74) is -1.47. The zero-order valence-corrected chi connectivity index (χ0v) is 20.5. The third-order valence-electron chi connectivity index (χ3n) is 5.32. The topological polar surface area (TPSA) is 48.0 Å². The van der Waals surface area contributed by atoms with Gasteiger partial charge in [-0.25, -0.2) is 4.39 Å². The average Bonchev–Trinajstić information content (AvgIpc) is 2.76. The lowest BCUT2D eigenvalue weighted by atomic mass is 10.00. The van der Waals surface area contributed by atoms with Gasteiger partial charge in [0.2, 0.25) is 0 Å². The van der Waals surface area contributed by atoms with Crippen molar-refractivity contribution in [3.05, 3.63) is 63.9 Å². The molecule has 0 aromatic heterocycles. The molecule has 0 spiro atoms. The minimum Gasteiger partial charge on any atom is -0.489 e. The number of hydrogen-bond donors (Lipinski definition) is 0. The first-order valence-corrected chi connectivity index (χ1v) is 11.5. The monoisotopic (exact) mass is 517 g/mol. The molecule has 1 fully saturated rings. The van der Waals surface area contributed by atoms with E-state index in [2.05, 4.69) is 0 Å². The maximum absolute atomic E-state index is 14.0. The fraction of sp³-hybridized carbons (Fsp3) is 0.480. The number of nitrogens with zero attached hydrogens (tertiary/aromatic N) is 1. The molecule has 1 aliphatic heterocycles. The summed E-state index contributed by atoms with van der Waals surface area (Å²) in [6.07, 6.45) is -5.37. The zero-order valence-electron chi connectivity index (χ0n) is 19.8. The molecule has 35 heavy (non-hydrogen) atoms. The molecular weight excluding hydrogens is 490 g/mol. The summed E-state index contributed by atoms with van der Waals surface area (Å²) in [4.78, 5) is 13.9. The molecule has 1 heterocycles. The SMILES string of the molecule is CC(C)(C)OC(=O)CCN1CCOC(c2ccc(OCc3c(F)cccc3Cl)cc2C(F)(F)F)C1. The molecule has 192 valence electrons. The van der Waals surface area contributed by atoms with Crippen LogP contribution in [-0.4, -0.2) is 42.7 Å². The number of alkyl halides is 3. The molecule has 10 heteroatoms. The Labute approximate surface area is 206 Å². The molecule has 1 aliphatic rings. The zero-order chi connectivity index (χ0) is 25.8. The third kappa shape index (κ3) is 7.81. The average molecular weight is 518 g/mol. The van der Waals surface area contributed by atoms with Crippen LogP contribution in [0.3, 0.4) is 0 Å². The Balaban J connectivity index is 1.72. The number of esters is 1. The van der Waals surface area contributed by atoms with Crippen molar-refractivity contribution in [3.63, 3.8) is 0 Å². The van der Waals surface area contributed by atoms with Gasteiger partial charge in [0, 0.05) is 25.2 Å². The minimum absolute atomic E-state index is 0.0317. The summed E-state index contributed by atoms with van der Waals surface area (Å²) in [5, 5.41) is 0.125. The largest absolute Gasteiger partial charge is 0.489 e. The second-order valence-electron chi connectivity index (χ2n) is 9.23. The molecule has 0 N–H and O–H groups in total. The lowest BCUT2D eigenvalue weighted by molar-refractivity contribution is -0.155. The first-order valence-electron chi connectivity index (χ1n) is 11.2. The van der Waals surface area contributed by atoms with Gasteiger partial charge >= 0.3 is 12.1 Å². The van der Waals surface area contributed by atoms with E-state index in [0.29, 0.717) is 13.1 Å². The first kappa shape index (κ1) is 27.2. The molecule has 0 bridgehead atoms. The van der Waals surface area contributed by atoms with Crippen molar-refractivity contribution < 1.29 is 36.6 Å². The quantitative estimate of drug-likeness (QED) is 0.324. The predicted octanol–water partition coefficient (Wildman–Crippen LogP) is 6.18. The summed E-state index contributed by atoms with van der Waals surface area (Å²) in [7, 11) is 0. The van der Waals surface area contributed by atoms with Crippen LogP contribution in [0.15, 0.2) is 36.4 Å². The molecular formula is C25H28ClF4NO4. The second-order valence-corrected chi connectivity index (χ2v) is 9.64. The van der Waals surface area contributed by atoms with E-state index in [0.717, 1.165) is 6.07 Å². The van der Waals surface area contributed by atoms with Gasteiger partial charge in [-0.1, -0.05) is 23.7 Å². The summed E-state index contributed by atoms with van der Waals surface area (Å²) in [6, 6.07) is 7.68. The van der Waals surface area contributed by atoms with Gasteiger partial charge in [0.05, 0.1) is 29.7 Å². The number of halogens is 5. The maximum Gasteiger partial charge on any atom is 0.416 e. The number of rotatable bonds is 7. The summed E-state index contributed by atoms with van der Waals surface area (Å²) in [5.74, 6) is -1.04.